The Kier molecular flexibility index (Phi) is 4.34. The van der Waals surface area contributed by atoms with E-state index in [9.17, 15) is 14.7 Å². The van der Waals surface area contributed by atoms with Crippen LogP contribution >= 0.6 is 0 Å². The van der Waals surface area contributed by atoms with Gasteiger partial charge in [0, 0.05) is 19.7 Å². The van der Waals surface area contributed by atoms with Gasteiger partial charge in [0.25, 0.3) is 0 Å². The number of carbonyl (C=O) groups is 2. The number of carboxylic acids is 1. The molecular weight excluding hydrogens is 246 g/mol. The molecule has 2 N–H and O–H groups in total. The molecule has 6 heteroatoms. The molecule has 0 aliphatic carbocycles. The Labute approximate surface area is 112 Å². The zero-order chi connectivity index (χ0) is 14.8. The molecule has 1 heterocycles. The van der Waals surface area contributed by atoms with Gasteiger partial charge in [-0.1, -0.05) is 13.8 Å². The maximum absolute atomic E-state index is 12.0. The summed E-state index contributed by atoms with van der Waals surface area (Å²) in [4.78, 5) is 23.3. The first-order valence-corrected chi connectivity index (χ1v) is 6.20. The molecule has 0 fully saturated rings. The highest BCUT2D eigenvalue weighted by Crippen LogP contribution is 2.31. The fraction of sp³-hybridized carbons (Fsp3) is 0.615. The second kappa shape index (κ2) is 5.42. The summed E-state index contributed by atoms with van der Waals surface area (Å²) in [6.45, 7) is 6.98. The zero-order valence-corrected chi connectivity index (χ0v) is 12.0. The molecule has 19 heavy (non-hydrogen) atoms. The second-order valence-corrected chi connectivity index (χ2v) is 5.40. The van der Waals surface area contributed by atoms with Crippen molar-refractivity contribution in [1.82, 2.24) is 9.78 Å². The van der Waals surface area contributed by atoms with E-state index in [1.807, 2.05) is 0 Å². The van der Waals surface area contributed by atoms with Crippen LogP contribution in [0.4, 0.5) is 5.69 Å². The van der Waals surface area contributed by atoms with E-state index >= 15 is 0 Å². The molecule has 0 aliphatic rings. The number of rotatable bonds is 5. The topological polar surface area (TPSA) is 84.2 Å². The Morgan fingerprint density at radius 2 is 2.11 bits per heavy atom. The average Bonchev–Trinajstić information content (AvgIpc) is 2.56. The molecule has 0 radical (unpaired) electrons. The lowest BCUT2D eigenvalue weighted by atomic mass is 9.76. The van der Waals surface area contributed by atoms with Crippen LogP contribution in [-0.2, 0) is 16.6 Å². The van der Waals surface area contributed by atoms with Crippen molar-refractivity contribution < 1.29 is 14.7 Å². The van der Waals surface area contributed by atoms with Gasteiger partial charge in [-0.15, -0.1) is 0 Å². The van der Waals surface area contributed by atoms with Gasteiger partial charge in [0.2, 0.25) is 5.91 Å². The highest BCUT2D eigenvalue weighted by atomic mass is 16.4. The highest BCUT2D eigenvalue weighted by Gasteiger charge is 2.38. The van der Waals surface area contributed by atoms with E-state index in [-0.39, 0.29) is 18.2 Å². The molecule has 1 rings (SSSR count). The van der Waals surface area contributed by atoms with Crippen molar-refractivity contribution in [1.29, 1.82) is 0 Å². The number of hydrogen-bond acceptors (Lipinski definition) is 3. The molecular formula is C13H21N3O3. The Bertz CT molecular complexity index is 493. The van der Waals surface area contributed by atoms with Gasteiger partial charge in [-0.05, 0) is 19.8 Å². The number of anilines is 1. The molecule has 0 saturated carbocycles. The molecule has 1 aromatic rings. The van der Waals surface area contributed by atoms with Gasteiger partial charge in [0.05, 0.1) is 16.8 Å². The van der Waals surface area contributed by atoms with Crippen LogP contribution in [0.25, 0.3) is 0 Å². The SMILES string of the molecule is Cc1nn(C)cc1NC(=O)CC(C)(C(=O)O)C(C)C. The van der Waals surface area contributed by atoms with E-state index in [2.05, 4.69) is 10.4 Å². The molecule has 1 amide bonds. The van der Waals surface area contributed by atoms with E-state index in [4.69, 9.17) is 0 Å². The van der Waals surface area contributed by atoms with E-state index < -0.39 is 11.4 Å². The number of nitrogens with zero attached hydrogens (tertiary/aromatic N) is 2. The maximum atomic E-state index is 12.0. The monoisotopic (exact) mass is 267 g/mol. The Morgan fingerprint density at radius 3 is 2.47 bits per heavy atom. The summed E-state index contributed by atoms with van der Waals surface area (Å²) < 4.78 is 1.60. The third kappa shape index (κ3) is 3.33. The summed E-state index contributed by atoms with van der Waals surface area (Å²) >= 11 is 0. The number of carbonyl (C=O) groups excluding carboxylic acids is 1. The molecule has 0 saturated heterocycles. The first kappa shape index (κ1) is 15.2. The Balaban J connectivity index is 2.80. The first-order chi connectivity index (χ1) is 8.66. The second-order valence-electron chi connectivity index (χ2n) is 5.40. The van der Waals surface area contributed by atoms with Gasteiger partial charge in [0.1, 0.15) is 0 Å². The predicted octanol–water partition coefficient (Wildman–Crippen LogP) is 1.80. The fourth-order valence-electron chi connectivity index (χ4n) is 1.78. The molecule has 1 aromatic heterocycles. The van der Waals surface area contributed by atoms with Crippen LogP contribution in [0.2, 0.25) is 0 Å². The number of aliphatic carboxylic acids is 1. The van der Waals surface area contributed by atoms with Crippen molar-refractivity contribution >= 4 is 17.6 Å². The van der Waals surface area contributed by atoms with E-state index in [1.165, 1.54) is 0 Å². The van der Waals surface area contributed by atoms with Crippen molar-refractivity contribution in [2.24, 2.45) is 18.4 Å². The van der Waals surface area contributed by atoms with Crippen molar-refractivity contribution in [3.63, 3.8) is 0 Å². The largest absolute Gasteiger partial charge is 0.481 e. The Hall–Kier alpha value is -1.85. The molecule has 1 unspecified atom stereocenters. The summed E-state index contributed by atoms with van der Waals surface area (Å²) in [6.07, 6.45) is 1.63. The minimum atomic E-state index is -1.07. The number of amides is 1. The lowest BCUT2D eigenvalue weighted by Crippen LogP contribution is -2.37. The lowest BCUT2D eigenvalue weighted by molar-refractivity contribution is -0.153. The fourth-order valence-corrected chi connectivity index (χ4v) is 1.78. The van der Waals surface area contributed by atoms with Crippen molar-refractivity contribution in [2.75, 3.05) is 5.32 Å². The van der Waals surface area contributed by atoms with Gasteiger partial charge in [-0.2, -0.15) is 5.10 Å². The highest BCUT2D eigenvalue weighted by molar-refractivity contribution is 5.94. The molecule has 0 bridgehead atoms. The third-order valence-corrected chi connectivity index (χ3v) is 3.58. The molecule has 6 nitrogen and oxygen atoms in total. The number of nitrogens with one attached hydrogen (secondary N) is 1. The van der Waals surface area contributed by atoms with Crippen LogP contribution in [-0.4, -0.2) is 26.8 Å². The van der Waals surface area contributed by atoms with Crippen LogP contribution in [0.5, 0.6) is 0 Å². The molecule has 0 aliphatic heterocycles. The van der Waals surface area contributed by atoms with Crippen LogP contribution in [0, 0.1) is 18.3 Å². The van der Waals surface area contributed by atoms with Crippen molar-refractivity contribution in [3.8, 4) is 0 Å². The third-order valence-electron chi connectivity index (χ3n) is 3.58. The van der Waals surface area contributed by atoms with E-state index in [0.717, 1.165) is 0 Å². The van der Waals surface area contributed by atoms with Crippen LogP contribution in [0.3, 0.4) is 0 Å². The Morgan fingerprint density at radius 1 is 1.53 bits per heavy atom. The number of hydrogen-bond donors (Lipinski definition) is 2. The minimum absolute atomic E-state index is 0.0612. The van der Waals surface area contributed by atoms with Crippen molar-refractivity contribution in [2.45, 2.75) is 34.1 Å². The predicted molar refractivity (Wildman–Crippen MR) is 71.8 cm³/mol. The summed E-state index contributed by atoms with van der Waals surface area (Å²) in [7, 11) is 1.76. The van der Waals surface area contributed by atoms with E-state index in [1.54, 1.807) is 45.6 Å². The van der Waals surface area contributed by atoms with Gasteiger partial charge in [-0.25, -0.2) is 0 Å². The van der Waals surface area contributed by atoms with Gasteiger partial charge in [-0.3, -0.25) is 14.3 Å². The first-order valence-electron chi connectivity index (χ1n) is 6.20. The maximum Gasteiger partial charge on any atom is 0.310 e. The van der Waals surface area contributed by atoms with Crippen LogP contribution < -0.4 is 5.32 Å². The lowest BCUT2D eigenvalue weighted by Gasteiger charge is -2.28. The van der Waals surface area contributed by atoms with Crippen LogP contribution in [0.15, 0.2) is 6.20 Å². The molecule has 0 aromatic carbocycles. The van der Waals surface area contributed by atoms with E-state index in [0.29, 0.717) is 11.4 Å². The summed E-state index contributed by atoms with van der Waals surface area (Å²) in [5, 5.41) is 16.1. The average molecular weight is 267 g/mol. The summed E-state index contributed by atoms with van der Waals surface area (Å²) in [5.74, 6) is -1.40. The quantitative estimate of drug-likeness (QED) is 0.852. The van der Waals surface area contributed by atoms with Gasteiger partial charge < -0.3 is 10.4 Å². The normalized spacial score (nSPS) is 14.2. The number of aryl methyl sites for hydroxylation is 2. The van der Waals surface area contributed by atoms with Crippen LogP contribution in [0.1, 0.15) is 32.9 Å². The number of aromatic nitrogens is 2. The number of carboxylic acid groups (broad SMARTS) is 1. The minimum Gasteiger partial charge on any atom is -0.481 e. The molecule has 0 spiro atoms. The summed E-state index contributed by atoms with van der Waals surface area (Å²) in [5.41, 5.74) is 0.252. The molecule has 106 valence electrons. The van der Waals surface area contributed by atoms with Gasteiger partial charge in [0.15, 0.2) is 0 Å². The molecule has 1 atom stereocenters. The van der Waals surface area contributed by atoms with Gasteiger partial charge >= 0.3 is 5.97 Å². The van der Waals surface area contributed by atoms with Crippen molar-refractivity contribution in [3.05, 3.63) is 11.9 Å². The standard InChI is InChI=1S/C13H21N3O3/c1-8(2)13(4,12(18)19)6-11(17)14-10-7-16(5)15-9(10)3/h7-8H,6H2,1-5H3,(H,14,17)(H,18,19). The smallest absolute Gasteiger partial charge is 0.310 e. The summed E-state index contributed by atoms with van der Waals surface area (Å²) in [6, 6.07) is 0. The zero-order valence-electron chi connectivity index (χ0n) is 12.0.